The first-order valence-electron chi connectivity index (χ1n) is 6.81. The molecule has 0 amide bonds. The van der Waals surface area contributed by atoms with Crippen LogP contribution in [0.4, 0.5) is 0 Å². The van der Waals surface area contributed by atoms with E-state index >= 15 is 0 Å². The molecule has 2 aliphatic carbocycles. The molecule has 0 aromatic heterocycles. The molecule has 2 aliphatic rings. The first-order chi connectivity index (χ1) is 8.25. The van der Waals surface area contributed by atoms with E-state index in [2.05, 4.69) is 67.5 Å². The van der Waals surface area contributed by atoms with Gasteiger partial charge in [-0.1, -0.05) is 53.4 Å². The number of rotatable bonds is 0. The molecule has 0 heterocycles. The van der Waals surface area contributed by atoms with Crippen LogP contribution in [0.5, 0.6) is 0 Å². The normalized spacial score (nSPS) is 23.2. The molecule has 2 atom stereocenters. The van der Waals surface area contributed by atoms with Crippen LogP contribution in [0.15, 0.2) is 33.4 Å². The van der Waals surface area contributed by atoms with Crippen molar-refractivity contribution in [2.75, 3.05) is 0 Å². The summed E-state index contributed by atoms with van der Waals surface area (Å²) >= 11 is 0. The summed E-state index contributed by atoms with van der Waals surface area (Å²) in [6.07, 6.45) is 6.72. The summed E-state index contributed by atoms with van der Waals surface area (Å²) < 4.78 is 0. The SMILES string of the molecule is CC1=[C-]C(C)C(C)=C1C.CC1=[C-]C(C)C(C)=C1C.[F-].[F-].[Zr+4]. The van der Waals surface area contributed by atoms with Crippen LogP contribution in [0.1, 0.15) is 55.4 Å². The standard InChI is InChI=1S/2C9H13.2FH.Zr/c2*1-6-5-7(2)9(4)8(6)3;;;/h2*6H,1-4H3;2*1H;/q2*-1;;;+4/p-2. The molecule has 0 bridgehead atoms. The number of halogens is 2. The second-order valence-corrected chi connectivity index (χ2v) is 5.60. The first kappa shape index (κ1) is 25.6. The Hall–Kier alpha value is -0.297. The van der Waals surface area contributed by atoms with Crippen LogP contribution in [0.3, 0.4) is 0 Å². The van der Waals surface area contributed by atoms with Gasteiger partial charge < -0.3 is 9.41 Å². The van der Waals surface area contributed by atoms with Gasteiger partial charge in [-0.25, -0.2) is 11.1 Å². The fourth-order valence-electron chi connectivity index (χ4n) is 2.32. The molecule has 2 unspecified atom stereocenters. The summed E-state index contributed by atoms with van der Waals surface area (Å²) in [6.45, 7) is 17.3. The molecular formula is C18H26F2Zr. The van der Waals surface area contributed by atoms with Crippen LogP contribution < -0.4 is 9.41 Å². The van der Waals surface area contributed by atoms with Gasteiger partial charge in [-0.05, 0) is 0 Å². The maximum Gasteiger partial charge on any atom is 4.00 e. The Balaban J connectivity index is -0.000000270. The van der Waals surface area contributed by atoms with Crippen LogP contribution in [0, 0.1) is 24.0 Å². The topological polar surface area (TPSA) is 0 Å². The summed E-state index contributed by atoms with van der Waals surface area (Å²) in [5, 5.41) is 0. The molecule has 0 aliphatic heterocycles. The van der Waals surface area contributed by atoms with Crippen LogP contribution in [0.2, 0.25) is 0 Å². The van der Waals surface area contributed by atoms with E-state index in [4.69, 9.17) is 0 Å². The van der Waals surface area contributed by atoms with Gasteiger partial charge in [0.05, 0.1) is 0 Å². The Morgan fingerprint density at radius 2 is 0.857 bits per heavy atom. The number of allylic oxidation sites excluding steroid dienone is 8. The Kier molecular flexibility index (Phi) is 12.7. The van der Waals surface area contributed by atoms with E-state index in [1.165, 1.54) is 33.4 Å². The van der Waals surface area contributed by atoms with E-state index in [-0.39, 0.29) is 35.6 Å². The van der Waals surface area contributed by atoms with E-state index in [1.54, 1.807) is 0 Å². The monoisotopic (exact) mass is 370 g/mol. The van der Waals surface area contributed by atoms with Gasteiger partial charge in [-0.2, -0.15) is 22.3 Å². The average Bonchev–Trinajstić information content (AvgIpc) is 2.66. The van der Waals surface area contributed by atoms with Crippen molar-refractivity contribution in [2.24, 2.45) is 11.8 Å². The van der Waals surface area contributed by atoms with Crippen molar-refractivity contribution in [3.05, 3.63) is 45.6 Å². The van der Waals surface area contributed by atoms with Gasteiger partial charge in [-0.3, -0.25) is 12.2 Å². The fourth-order valence-corrected chi connectivity index (χ4v) is 2.32. The van der Waals surface area contributed by atoms with Crippen LogP contribution in [-0.4, -0.2) is 0 Å². The van der Waals surface area contributed by atoms with Crippen molar-refractivity contribution in [3.8, 4) is 0 Å². The molecule has 3 heteroatoms. The molecule has 0 aromatic carbocycles. The summed E-state index contributed by atoms with van der Waals surface area (Å²) in [4.78, 5) is 0. The number of hydrogen-bond acceptors (Lipinski definition) is 0. The van der Waals surface area contributed by atoms with Crippen LogP contribution in [-0.2, 0) is 26.2 Å². The number of hydrogen-bond donors (Lipinski definition) is 0. The Bertz CT molecular complexity index is 424. The molecule has 0 nitrogen and oxygen atoms in total. The van der Waals surface area contributed by atoms with Crippen molar-refractivity contribution in [1.82, 2.24) is 0 Å². The molecule has 0 N–H and O–H groups in total. The van der Waals surface area contributed by atoms with Gasteiger partial charge in [0.15, 0.2) is 0 Å². The summed E-state index contributed by atoms with van der Waals surface area (Å²) in [7, 11) is 0. The molecule has 0 radical (unpaired) electrons. The third kappa shape index (κ3) is 6.14. The van der Waals surface area contributed by atoms with Crippen molar-refractivity contribution >= 4 is 0 Å². The minimum Gasteiger partial charge on any atom is -1.00 e. The smallest absolute Gasteiger partial charge is 1.00 e. The molecule has 0 aromatic rings. The van der Waals surface area contributed by atoms with E-state index < -0.39 is 0 Å². The molecule has 21 heavy (non-hydrogen) atoms. The van der Waals surface area contributed by atoms with Gasteiger partial charge in [0.1, 0.15) is 0 Å². The summed E-state index contributed by atoms with van der Waals surface area (Å²) in [5.74, 6) is 1.12. The maximum absolute atomic E-state index is 3.36. The predicted octanol–water partition coefficient (Wildman–Crippen LogP) is -0.551. The van der Waals surface area contributed by atoms with E-state index in [9.17, 15) is 0 Å². The third-order valence-electron chi connectivity index (χ3n) is 4.47. The molecule has 0 spiro atoms. The Morgan fingerprint density at radius 1 is 0.619 bits per heavy atom. The van der Waals surface area contributed by atoms with Crippen LogP contribution in [0.25, 0.3) is 0 Å². The van der Waals surface area contributed by atoms with E-state index in [0.29, 0.717) is 11.8 Å². The second kappa shape index (κ2) is 10.4. The van der Waals surface area contributed by atoms with Crippen molar-refractivity contribution in [2.45, 2.75) is 55.4 Å². The summed E-state index contributed by atoms with van der Waals surface area (Å²) in [6, 6.07) is 0. The third-order valence-corrected chi connectivity index (χ3v) is 4.47. The maximum atomic E-state index is 3.36. The van der Waals surface area contributed by atoms with E-state index in [1.807, 2.05) is 0 Å². The average molecular weight is 372 g/mol. The largest absolute Gasteiger partial charge is 4.00 e. The molecular weight excluding hydrogens is 345 g/mol. The molecule has 0 saturated heterocycles. The first-order valence-corrected chi connectivity index (χ1v) is 6.81. The predicted molar refractivity (Wildman–Crippen MR) is 79.9 cm³/mol. The molecule has 0 saturated carbocycles. The quantitative estimate of drug-likeness (QED) is 0.501. The minimum atomic E-state index is 0. The fraction of sp³-hybridized carbons (Fsp3) is 0.556. The zero-order chi connectivity index (χ0) is 14.0. The van der Waals surface area contributed by atoms with Crippen LogP contribution >= 0.6 is 0 Å². The minimum absolute atomic E-state index is 0. The van der Waals surface area contributed by atoms with E-state index in [0.717, 1.165) is 0 Å². The van der Waals surface area contributed by atoms with Crippen molar-refractivity contribution in [3.63, 3.8) is 0 Å². The van der Waals surface area contributed by atoms with Crippen molar-refractivity contribution in [1.29, 1.82) is 0 Å². The molecule has 116 valence electrons. The van der Waals surface area contributed by atoms with Gasteiger partial charge in [-0.15, -0.1) is 13.8 Å². The van der Waals surface area contributed by atoms with Gasteiger partial charge in [0.2, 0.25) is 0 Å². The Labute approximate surface area is 148 Å². The molecule has 2 rings (SSSR count). The second-order valence-electron chi connectivity index (χ2n) is 5.60. The molecule has 0 fully saturated rings. The van der Waals surface area contributed by atoms with Gasteiger partial charge in [0, 0.05) is 0 Å². The van der Waals surface area contributed by atoms with Gasteiger partial charge in [0.25, 0.3) is 0 Å². The summed E-state index contributed by atoms with van der Waals surface area (Å²) in [5.41, 5.74) is 8.49. The van der Waals surface area contributed by atoms with Crippen molar-refractivity contribution < 1.29 is 35.6 Å². The zero-order valence-corrected chi connectivity index (χ0v) is 16.9. The Morgan fingerprint density at radius 3 is 0.905 bits per heavy atom. The van der Waals surface area contributed by atoms with Gasteiger partial charge >= 0.3 is 26.2 Å². The zero-order valence-electron chi connectivity index (χ0n) is 14.4.